The molecule has 0 bridgehead atoms. The van der Waals surface area contributed by atoms with E-state index < -0.39 is 0 Å². The molecule has 5 nitrogen and oxygen atoms in total. The van der Waals surface area contributed by atoms with Crippen molar-refractivity contribution in [1.82, 2.24) is 15.1 Å². The SMILES string of the molecule is Cc1ccc(C(=O)NCCC(=O)N2CCN(Cc3ccccc3)CC2)cc1. The summed E-state index contributed by atoms with van der Waals surface area (Å²) in [5.74, 6) is -0.0194. The molecule has 2 aromatic rings. The molecule has 2 aromatic carbocycles. The number of amides is 2. The summed E-state index contributed by atoms with van der Waals surface area (Å²) in [6, 6.07) is 17.8. The normalized spacial score (nSPS) is 14.8. The molecule has 142 valence electrons. The van der Waals surface area contributed by atoms with Crippen molar-refractivity contribution in [3.8, 4) is 0 Å². The van der Waals surface area contributed by atoms with E-state index >= 15 is 0 Å². The summed E-state index contributed by atoms with van der Waals surface area (Å²) in [6.07, 6.45) is 0.344. The quantitative estimate of drug-likeness (QED) is 0.856. The van der Waals surface area contributed by atoms with Crippen LogP contribution in [0.25, 0.3) is 0 Å². The number of benzene rings is 2. The van der Waals surface area contributed by atoms with Crippen molar-refractivity contribution in [3.05, 3.63) is 71.3 Å². The average molecular weight is 365 g/mol. The number of carbonyl (C=O) groups excluding carboxylic acids is 2. The number of carbonyl (C=O) groups is 2. The topological polar surface area (TPSA) is 52.7 Å². The van der Waals surface area contributed by atoms with Gasteiger partial charge in [-0.15, -0.1) is 0 Å². The fourth-order valence-corrected chi connectivity index (χ4v) is 3.25. The van der Waals surface area contributed by atoms with E-state index in [1.165, 1.54) is 5.56 Å². The van der Waals surface area contributed by atoms with E-state index in [9.17, 15) is 9.59 Å². The molecule has 1 N–H and O–H groups in total. The van der Waals surface area contributed by atoms with E-state index in [2.05, 4.69) is 34.5 Å². The number of nitrogens with one attached hydrogen (secondary N) is 1. The van der Waals surface area contributed by atoms with Gasteiger partial charge in [0.1, 0.15) is 0 Å². The molecule has 0 saturated carbocycles. The van der Waals surface area contributed by atoms with Gasteiger partial charge in [-0.25, -0.2) is 0 Å². The summed E-state index contributed by atoms with van der Waals surface area (Å²) in [5.41, 5.74) is 3.05. The first-order chi connectivity index (χ1) is 13.1. The molecule has 0 unspecified atom stereocenters. The second kappa shape index (κ2) is 9.33. The highest BCUT2D eigenvalue weighted by molar-refractivity contribution is 5.94. The number of hydrogen-bond donors (Lipinski definition) is 1. The van der Waals surface area contributed by atoms with Gasteiger partial charge in [0.05, 0.1) is 0 Å². The maximum Gasteiger partial charge on any atom is 0.251 e. The third kappa shape index (κ3) is 5.66. The highest BCUT2D eigenvalue weighted by atomic mass is 16.2. The van der Waals surface area contributed by atoms with Gasteiger partial charge in [0.15, 0.2) is 0 Å². The van der Waals surface area contributed by atoms with Crippen molar-refractivity contribution in [2.24, 2.45) is 0 Å². The minimum absolute atomic E-state index is 0.110. The average Bonchev–Trinajstić information content (AvgIpc) is 2.69. The predicted octanol–water partition coefficient (Wildman–Crippen LogP) is 2.46. The van der Waals surface area contributed by atoms with Crippen LogP contribution in [-0.4, -0.2) is 54.3 Å². The van der Waals surface area contributed by atoms with Crippen LogP contribution >= 0.6 is 0 Å². The van der Waals surface area contributed by atoms with E-state index in [0.29, 0.717) is 18.5 Å². The number of hydrogen-bond acceptors (Lipinski definition) is 3. The Labute approximate surface area is 161 Å². The molecule has 2 amide bonds. The van der Waals surface area contributed by atoms with Crippen molar-refractivity contribution in [3.63, 3.8) is 0 Å². The highest BCUT2D eigenvalue weighted by Crippen LogP contribution is 2.09. The summed E-state index contributed by atoms with van der Waals surface area (Å²) in [5, 5.41) is 2.83. The highest BCUT2D eigenvalue weighted by Gasteiger charge is 2.20. The van der Waals surface area contributed by atoms with Crippen LogP contribution in [0.1, 0.15) is 27.9 Å². The van der Waals surface area contributed by atoms with Gasteiger partial charge in [0.2, 0.25) is 5.91 Å². The molecule has 1 heterocycles. The van der Waals surface area contributed by atoms with Crippen LogP contribution in [0, 0.1) is 6.92 Å². The molecule has 27 heavy (non-hydrogen) atoms. The minimum atomic E-state index is -0.129. The lowest BCUT2D eigenvalue weighted by Crippen LogP contribution is -2.48. The van der Waals surface area contributed by atoms with Crippen LogP contribution < -0.4 is 5.32 Å². The maximum atomic E-state index is 12.4. The fraction of sp³-hybridized carbons (Fsp3) is 0.364. The molecule has 1 saturated heterocycles. The summed E-state index contributed by atoms with van der Waals surface area (Å²) < 4.78 is 0. The maximum absolute atomic E-state index is 12.4. The molecule has 0 spiro atoms. The Hall–Kier alpha value is -2.66. The zero-order chi connectivity index (χ0) is 19.1. The van der Waals surface area contributed by atoms with Gasteiger partial charge in [-0.1, -0.05) is 48.0 Å². The Bertz CT molecular complexity index is 751. The van der Waals surface area contributed by atoms with Gasteiger partial charge in [-0.3, -0.25) is 14.5 Å². The molecule has 1 aliphatic heterocycles. The zero-order valence-corrected chi connectivity index (χ0v) is 15.9. The summed E-state index contributed by atoms with van der Waals surface area (Å²) in [6.45, 7) is 6.55. The number of nitrogens with zero attached hydrogens (tertiary/aromatic N) is 2. The van der Waals surface area contributed by atoms with Crippen molar-refractivity contribution < 1.29 is 9.59 Å². The zero-order valence-electron chi connectivity index (χ0n) is 15.9. The molecule has 0 aromatic heterocycles. The second-order valence-electron chi connectivity index (χ2n) is 7.01. The van der Waals surface area contributed by atoms with Crippen LogP contribution in [0.5, 0.6) is 0 Å². The van der Waals surface area contributed by atoms with Crippen LogP contribution in [0.2, 0.25) is 0 Å². The van der Waals surface area contributed by atoms with Gasteiger partial charge in [-0.2, -0.15) is 0 Å². The van der Waals surface area contributed by atoms with Crippen LogP contribution in [0.15, 0.2) is 54.6 Å². The minimum Gasteiger partial charge on any atom is -0.352 e. The third-order valence-electron chi connectivity index (χ3n) is 4.91. The molecular weight excluding hydrogens is 338 g/mol. The van der Waals surface area contributed by atoms with Gasteiger partial charge in [-0.05, 0) is 24.6 Å². The molecule has 1 fully saturated rings. The molecule has 3 rings (SSSR count). The van der Waals surface area contributed by atoms with E-state index in [-0.39, 0.29) is 11.8 Å². The molecule has 1 aliphatic rings. The first-order valence-electron chi connectivity index (χ1n) is 9.51. The van der Waals surface area contributed by atoms with Crippen LogP contribution in [0.3, 0.4) is 0 Å². The largest absolute Gasteiger partial charge is 0.352 e. The number of piperazine rings is 1. The van der Waals surface area contributed by atoms with Crippen molar-refractivity contribution in [2.75, 3.05) is 32.7 Å². The third-order valence-corrected chi connectivity index (χ3v) is 4.91. The summed E-state index contributed by atoms with van der Waals surface area (Å²) in [7, 11) is 0. The second-order valence-corrected chi connectivity index (χ2v) is 7.01. The standard InChI is InChI=1S/C22H27N3O2/c1-18-7-9-20(10-8-18)22(27)23-12-11-21(26)25-15-13-24(14-16-25)17-19-5-3-2-4-6-19/h2-10H,11-17H2,1H3,(H,23,27). The van der Waals surface area contributed by atoms with E-state index in [1.54, 1.807) is 12.1 Å². The van der Waals surface area contributed by atoms with Gasteiger partial charge >= 0.3 is 0 Å². The Kier molecular flexibility index (Phi) is 6.60. The van der Waals surface area contributed by atoms with Crippen molar-refractivity contribution in [2.45, 2.75) is 19.9 Å². The van der Waals surface area contributed by atoms with Crippen molar-refractivity contribution >= 4 is 11.8 Å². The Morgan fingerprint density at radius 2 is 1.59 bits per heavy atom. The van der Waals surface area contributed by atoms with Gasteiger partial charge in [0.25, 0.3) is 5.91 Å². The predicted molar refractivity (Wildman–Crippen MR) is 106 cm³/mol. The Morgan fingerprint density at radius 1 is 0.926 bits per heavy atom. The Balaban J connectivity index is 1.37. The van der Waals surface area contributed by atoms with Crippen LogP contribution in [-0.2, 0) is 11.3 Å². The number of rotatable bonds is 6. The smallest absolute Gasteiger partial charge is 0.251 e. The lowest BCUT2D eigenvalue weighted by atomic mass is 10.1. The van der Waals surface area contributed by atoms with Gasteiger partial charge in [0, 0.05) is 51.3 Å². The van der Waals surface area contributed by atoms with Crippen LogP contribution in [0.4, 0.5) is 0 Å². The molecule has 5 heteroatoms. The van der Waals surface area contributed by atoms with Gasteiger partial charge < -0.3 is 10.2 Å². The summed E-state index contributed by atoms with van der Waals surface area (Å²) >= 11 is 0. The first kappa shape index (κ1) is 19.1. The van der Waals surface area contributed by atoms with E-state index in [0.717, 1.165) is 38.3 Å². The summed E-state index contributed by atoms with van der Waals surface area (Å²) in [4.78, 5) is 28.7. The Morgan fingerprint density at radius 3 is 2.26 bits per heavy atom. The monoisotopic (exact) mass is 365 g/mol. The molecule has 0 atom stereocenters. The number of aryl methyl sites for hydroxylation is 1. The molecule has 0 radical (unpaired) electrons. The lowest BCUT2D eigenvalue weighted by molar-refractivity contribution is -0.132. The van der Waals surface area contributed by atoms with E-state index in [1.807, 2.05) is 30.0 Å². The molecule has 0 aliphatic carbocycles. The molecular formula is C22H27N3O2. The fourth-order valence-electron chi connectivity index (χ4n) is 3.25. The first-order valence-corrected chi connectivity index (χ1v) is 9.51. The van der Waals surface area contributed by atoms with Crippen molar-refractivity contribution in [1.29, 1.82) is 0 Å². The lowest BCUT2D eigenvalue weighted by Gasteiger charge is -2.34. The van der Waals surface area contributed by atoms with E-state index in [4.69, 9.17) is 0 Å².